The minimum absolute atomic E-state index is 0.264. The van der Waals surface area contributed by atoms with Crippen LogP contribution < -0.4 is 10.2 Å². The SMILES string of the molecule is Bc1cnc2c(c1Cl)C[C@H](OC)[C@@H](O)CCCCC2Cc1ccc(OC)cc1. The molecule has 150 valence electrons. The van der Waals surface area contributed by atoms with Gasteiger partial charge in [0.2, 0.25) is 0 Å². The first-order chi connectivity index (χ1) is 13.5. The van der Waals surface area contributed by atoms with Crippen LogP contribution in [-0.2, 0) is 17.6 Å². The molecule has 1 aromatic carbocycles. The lowest BCUT2D eigenvalue weighted by molar-refractivity contribution is -0.0166. The van der Waals surface area contributed by atoms with Gasteiger partial charge in [0.15, 0.2) is 0 Å². The standard InChI is InChI=1S/C22H29BClNO3/c1-27-16-9-7-14(8-10-16)11-15-5-3-4-6-19(26)20(28-2)12-17-21(24)18(23)13-25-22(15)17/h7-10,13,15,19-20,26H,3-6,11-12,23H2,1-2H3/t15?,19-,20-/m0/s1. The summed E-state index contributed by atoms with van der Waals surface area (Å²) in [6, 6.07) is 8.25. The van der Waals surface area contributed by atoms with E-state index in [1.807, 2.05) is 26.2 Å². The third-order valence-corrected chi connectivity index (χ3v) is 6.31. The van der Waals surface area contributed by atoms with Gasteiger partial charge in [0.05, 0.1) is 19.3 Å². The highest BCUT2D eigenvalue weighted by molar-refractivity contribution is 6.45. The van der Waals surface area contributed by atoms with Gasteiger partial charge in [-0.3, -0.25) is 4.98 Å². The maximum Gasteiger partial charge on any atom is 0.143 e. The van der Waals surface area contributed by atoms with Gasteiger partial charge in [-0.1, -0.05) is 42.0 Å². The van der Waals surface area contributed by atoms with Crippen LogP contribution in [0, 0.1) is 0 Å². The molecule has 1 aromatic heterocycles. The molecule has 6 heteroatoms. The Hall–Kier alpha value is -1.56. The zero-order chi connectivity index (χ0) is 20.1. The largest absolute Gasteiger partial charge is 0.497 e. The molecule has 1 aliphatic rings. The van der Waals surface area contributed by atoms with Crippen LogP contribution in [0.1, 0.15) is 48.4 Å². The Morgan fingerprint density at radius 1 is 1.18 bits per heavy atom. The maximum absolute atomic E-state index is 10.5. The summed E-state index contributed by atoms with van der Waals surface area (Å²) in [6.45, 7) is 0. The number of aliphatic hydroxyl groups excluding tert-OH is 1. The van der Waals surface area contributed by atoms with Gasteiger partial charge in [0.1, 0.15) is 13.6 Å². The predicted octanol–water partition coefficient (Wildman–Crippen LogP) is 2.82. The first-order valence-corrected chi connectivity index (χ1v) is 10.4. The van der Waals surface area contributed by atoms with E-state index in [1.165, 1.54) is 5.56 Å². The Morgan fingerprint density at radius 2 is 1.89 bits per heavy atom. The second kappa shape index (κ2) is 9.77. The van der Waals surface area contributed by atoms with E-state index in [2.05, 4.69) is 12.1 Å². The number of halogens is 1. The number of rotatable bonds is 4. The number of nitrogens with zero attached hydrogens (tertiary/aromatic N) is 1. The van der Waals surface area contributed by atoms with Crippen molar-refractivity contribution in [3.8, 4) is 5.75 Å². The molecule has 2 aromatic rings. The molecule has 0 fully saturated rings. The van der Waals surface area contributed by atoms with Crippen molar-refractivity contribution in [1.29, 1.82) is 0 Å². The number of aliphatic hydroxyl groups is 1. The Labute approximate surface area is 173 Å². The molecule has 3 rings (SSSR count). The van der Waals surface area contributed by atoms with Crippen molar-refractivity contribution in [2.24, 2.45) is 0 Å². The molecule has 1 unspecified atom stereocenters. The first kappa shape index (κ1) is 21.2. The van der Waals surface area contributed by atoms with E-state index >= 15 is 0 Å². The van der Waals surface area contributed by atoms with Crippen LogP contribution in [0.5, 0.6) is 5.75 Å². The molecular weight excluding hydrogens is 373 g/mol. The van der Waals surface area contributed by atoms with Crippen molar-refractivity contribution in [2.75, 3.05) is 14.2 Å². The molecule has 0 radical (unpaired) electrons. The van der Waals surface area contributed by atoms with Crippen molar-refractivity contribution < 1.29 is 14.6 Å². The fourth-order valence-electron chi connectivity index (χ4n) is 4.09. The van der Waals surface area contributed by atoms with Crippen LogP contribution in [-0.4, -0.2) is 44.4 Å². The quantitative estimate of drug-likeness (QED) is 0.801. The van der Waals surface area contributed by atoms with E-state index < -0.39 is 6.10 Å². The molecule has 0 spiro atoms. The van der Waals surface area contributed by atoms with Crippen molar-refractivity contribution >= 4 is 24.9 Å². The van der Waals surface area contributed by atoms with Crippen LogP contribution in [0.3, 0.4) is 0 Å². The van der Waals surface area contributed by atoms with Gasteiger partial charge in [-0.15, -0.1) is 0 Å². The Kier molecular flexibility index (Phi) is 7.39. The normalized spacial score (nSPS) is 23.1. The molecule has 3 atom stereocenters. The van der Waals surface area contributed by atoms with E-state index in [0.717, 1.165) is 59.6 Å². The molecular formula is C22H29BClNO3. The van der Waals surface area contributed by atoms with E-state index in [9.17, 15) is 5.11 Å². The highest BCUT2D eigenvalue weighted by atomic mass is 35.5. The van der Waals surface area contributed by atoms with Gasteiger partial charge < -0.3 is 14.6 Å². The predicted molar refractivity (Wildman–Crippen MR) is 116 cm³/mol. The van der Waals surface area contributed by atoms with Crippen molar-refractivity contribution in [3.63, 3.8) is 0 Å². The monoisotopic (exact) mass is 401 g/mol. The second-order valence-electron chi connectivity index (χ2n) is 7.70. The Balaban J connectivity index is 1.97. The topological polar surface area (TPSA) is 51.6 Å². The lowest BCUT2D eigenvalue weighted by Crippen LogP contribution is -2.32. The van der Waals surface area contributed by atoms with Gasteiger partial charge >= 0.3 is 0 Å². The lowest BCUT2D eigenvalue weighted by Gasteiger charge is -2.28. The van der Waals surface area contributed by atoms with Gasteiger partial charge in [0, 0.05) is 36.4 Å². The summed E-state index contributed by atoms with van der Waals surface area (Å²) in [5.74, 6) is 1.15. The van der Waals surface area contributed by atoms with E-state index in [4.69, 9.17) is 26.1 Å². The summed E-state index contributed by atoms with van der Waals surface area (Å²) < 4.78 is 10.9. The van der Waals surface area contributed by atoms with Crippen LogP contribution >= 0.6 is 11.6 Å². The molecule has 1 N–H and O–H groups in total. The number of ether oxygens (including phenoxy) is 2. The zero-order valence-corrected chi connectivity index (χ0v) is 17.7. The van der Waals surface area contributed by atoms with E-state index in [0.29, 0.717) is 6.42 Å². The average Bonchev–Trinajstić information content (AvgIpc) is 2.71. The average molecular weight is 402 g/mol. The number of benzene rings is 1. The fraction of sp³-hybridized carbons (Fsp3) is 0.500. The number of fused-ring (bicyclic) bond motifs is 1. The summed E-state index contributed by atoms with van der Waals surface area (Å²) in [7, 11) is 5.32. The molecule has 1 aliphatic carbocycles. The third-order valence-electron chi connectivity index (χ3n) is 5.79. The lowest BCUT2D eigenvalue weighted by atomic mass is 9.83. The fourth-order valence-corrected chi connectivity index (χ4v) is 4.31. The van der Waals surface area contributed by atoms with Crippen LogP contribution in [0.4, 0.5) is 0 Å². The summed E-state index contributed by atoms with van der Waals surface area (Å²) in [5, 5.41) is 11.3. The molecule has 0 amide bonds. The van der Waals surface area contributed by atoms with Crippen LogP contribution in [0.25, 0.3) is 0 Å². The molecule has 0 saturated carbocycles. The molecule has 1 heterocycles. The molecule has 0 saturated heterocycles. The number of aromatic nitrogens is 1. The summed E-state index contributed by atoms with van der Waals surface area (Å²) in [4.78, 5) is 4.81. The van der Waals surface area contributed by atoms with Crippen molar-refractivity contribution in [1.82, 2.24) is 4.98 Å². The highest BCUT2D eigenvalue weighted by Crippen LogP contribution is 2.33. The molecule has 0 aliphatic heterocycles. The van der Waals surface area contributed by atoms with Gasteiger partial charge in [-0.05, 0) is 42.5 Å². The minimum atomic E-state index is -0.479. The smallest absolute Gasteiger partial charge is 0.143 e. The van der Waals surface area contributed by atoms with Crippen molar-refractivity contribution in [2.45, 2.75) is 56.7 Å². The summed E-state index contributed by atoms with van der Waals surface area (Å²) in [6.07, 6.45) is 6.41. The molecule has 28 heavy (non-hydrogen) atoms. The van der Waals surface area contributed by atoms with E-state index in [-0.39, 0.29) is 12.0 Å². The Bertz CT molecular complexity index is 784. The van der Waals surface area contributed by atoms with Crippen LogP contribution in [0.2, 0.25) is 5.02 Å². The number of hydrogen-bond acceptors (Lipinski definition) is 4. The summed E-state index contributed by atoms with van der Waals surface area (Å²) in [5.41, 5.74) is 4.29. The Morgan fingerprint density at radius 3 is 2.57 bits per heavy atom. The second-order valence-corrected chi connectivity index (χ2v) is 8.08. The maximum atomic E-state index is 10.5. The van der Waals surface area contributed by atoms with Crippen molar-refractivity contribution in [3.05, 3.63) is 52.3 Å². The molecule has 0 bridgehead atoms. The zero-order valence-electron chi connectivity index (χ0n) is 17.0. The van der Waals surface area contributed by atoms with E-state index in [1.54, 1.807) is 14.2 Å². The first-order valence-electron chi connectivity index (χ1n) is 10.0. The van der Waals surface area contributed by atoms with Gasteiger partial charge in [-0.25, -0.2) is 0 Å². The third kappa shape index (κ3) is 4.89. The molecule has 4 nitrogen and oxygen atoms in total. The number of pyridine rings is 1. The number of methoxy groups -OCH3 is 2. The van der Waals surface area contributed by atoms with Gasteiger partial charge in [0.25, 0.3) is 0 Å². The number of hydrogen-bond donors (Lipinski definition) is 1. The minimum Gasteiger partial charge on any atom is -0.497 e. The highest BCUT2D eigenvalue weighted by Gasteiger charge is 2.27. The van der Waals surface area contributed by atoms with Gasteiger partial charge in [-0.2, -0.15) is 0 Å². The van der Waals surface area contributed by atoms with Crippen LogP contribution in [0.15, 0.2) is 30.5 Å². The summed E-state index contributed by atoms with van der Waals surface area (Å²) >= 11 is 6.72.